The van der Waals surface area contributed by atoms with Crippen LogP contribution in [0.1, 0.15) is 35.5 Å². The van der Waals surface area contributed by atoms with Crippen molar-refractivity contribution in [3.63, 3.8) is 0 Å². The fourth-order valence-electron chi connectivity index (χ4n) is 3.16. The molecule has 0 saturated carbocycles. The fourth-order valence-corrected chi connectivity index (χ4v) is 3.16. The van der Waals surface area contributed by atoms with Gasteiger partial charge in [-0.15, -0.1) is 0 Å². The number of anilines is 4. The molecule has 0 aliphatic heterocycles. The van der Waals surface area contributed by atoms with Crippen molar-refractivity contribution in [2.75, 3.05) is 28.6 Å². The number of rotatable bonds is 7. The van der Waals surface area contributed by atoms with Gasteiger partial charge in [-0.3, -0.25) is 4.79 Å². The van der Waals surface area contributed by atoms with Crippen LogP contribution in [0.4, 0.5) is 23.0 Å². The van der Waals surface area contributed by atoms with E-state index in [2.05, 4.69) is 51.5 Å². The molecule has 1 aromatic heterocycles. The first kappa shape index (κ1) is 20.3. The average molecular weight is 390 g/mol. The molecular formula is C23H27N5O. The Balaban J connectivity index is 1.75. The normalized spacial score (nSPS) is 10.5. The molecule has 3 rings (SSSR count). The molecule has 0 atom stereocenters. The number of aromatic nitrogens is 2. The van der Waals surface area contributed by atoms with Gasteiger partial charge in [0.15, 0.2) is 0 Å². The summed E-state index contributed by atoms with van der Waals surface area (Å²) in [4.78, 5) is 23.5. The smallest absolute Gasteiger partial charge is 0.274 e. The maximum atomic E-state index is 12.5. The van der Waals surface area contributed by atoms with Gasteiger partial charge in [0.05, 0.1) is 0 Å². The van der Waals surface area contributed by atoms with Crippen LogP contribution in [0, 0.1) is 13.8 Å². The van der Waals surface area contributed by atoms with E-state index in [-0.39, 0.29) is 5.91 Å². The molecule has 29 heavy (non-hydrogen) atoms. The van der Waals surface area contributed by atoms with Gasteiger partial charge < -0.3 is 15.5 Å². The van der Waals surface area contributed by atoms with E-state index in [4.69, 9.17) is 0 Å². The number of hydrogen-bond acceptors (Lipinski definition) is 5. The highest BCUT2D eigenvalue weighted by Gasteiger charge is 2.11. The highest BCUT2D eigenvalue weighted by atomic mass is 16.1. The van der Waals surface area contributed by atoms with E-state index < -0.39 is 0 Å². The lowest BCUT2D eigenvalue weighted by atomic mass is 10.1. The molecule has 150 valence electrons. The summed E-state index contributed by atoms with van der Waals surface area (Å²) in [7, 11) is 0. The summed E-state index contributed by atoms with van der Waals surface area (Å²) in [6.07, 6.45) is 1.58. The van der Waals surface area contributed by atoms with Crippen LogP contribution in [0.5, 0.6) is 0 Å². The minimum Gasteiger partial charge on any atom is -0.372 e. The molecule has 0 spiro atoms. The van der Waals surface area contributed by atoms with Crippen LogP contribution in [0.3, 0.4) is 0 Å². The molecule has 0 bridgehead atoms. The molecule has 1 amide bonds. The minimum absolute atomic E-state index is 0.269. The molecule has 0 aliphatic carbocycles. The van der Waals surface area contributed by atoms with Crippen LogP contribution in [-0.2, 0) is 0 Å². The Morgan fingerprint density at radius 2 is 1.83 bits per heavy atom. The molecule has 6 nitrogen and oxygen atoms in total. The van der Waals surface area contributed by atoms with Crippen molar-refractivity contribution in [1.82, 2.24) is 9.97 Å². The quantitative estimate of drug-likeness (QED) is 0.599. The van der Waals surface area contributed by atoms with Gasteiger partial charge in [0, 0.05) is 36.3 Å². The van der Waals surface area contributed by atoms with Crippen molar-refractivity contribution < 1.29 is 4.79 Å². The second kappa shape index (κ2) is 9.19. The van der Waals surface area contributed by atoms with E-state index in [1.165, 1.54) is 5.69 Å². The van der Waals surface area contributed by atoms with Gasteiger partial charge in [-0.1, -0.05) is 12.1 Å². The third-order valence-corrected chi connectivity index (χ3v) is 4.75. The standard InChI is InChI=1S/C23H27N5O/c1-5-28(6-2)19-10-11-20(17(4)15-19)26-23-24-13-12-21(27-23)22(29)25-18-9-7-8-16(3)14-18/h7-15H,5-6H2,1-4H3,(H,25,29)(H,24,26,27). The Hall–Kier alpha value is -3.41. The zero-order chi connectivity index (χ0) is 20.8. The van der Waals surface area contributed by atoms with Gasteiger partial charge in [-0.2, -0.15) is 0 Å². The van der Waals surface area contributed by atoms with E-state index in [1.54, 1.807) is 12.3 Å². The van der Waals surface area contributed by atoms with Gasteiger partial charge in [0.2, 0.25) is 5.95 Å². The lowest BCUT2D eigenvalue weighted by molar-refractivity contribution is 0.102. The van der Waals surface area contributed by atoms with Crippen LogP contribution in [0.15, 0.2) is 54.7 Å². The average Bonchev–Trinajstić information content (AvgIpc) is 2.71. The molecule has 3 aromatic rings. The third-order valence-electron chi connectivity index (χ3n) is 4.75. The molecular weight excluding hydrogens is 362 g/mol. The van der Waals surface area contributed by atoms with Crippen molar-refractivity contribution in [1.29, 1.82) is 0 Å². The number of nitrogens with one attached hydrogen (secondary N) is 2. The Morgan fingerprint density at radius 3 is 2.52 bits per heavy atom. The van der Waals surface area contributed by atoms with Crippen LogP contribution < -0.4 is 15.5 Å². The maximum Gasteiger partial charge on any atom is 0.274 e. The highest BCUT2D eigenvalue weighted by molar-refractivity contribution is 6.03. The van der Waals surface area contributed by atoms with Crippen molar-refractivity contribution >= 4 is 28.9 Å². The van der Waals surface area contributed by atoms with Crippen molar-refractivity contribution in [2.24, 2.45) is 0 Å². The molecule has 2 aromatic carbocycles. The topological polar surface area (TPSA) is 70.2 Å². The molecule has 0 radical (unpaired) electrons. The molecule has 2 N–H and O–H groups in total. The molecule has 1 heterocycles. The lowest BCUT2D eigenvalue weighted by Gasteiger charge is -2.22. The monoisotopic (exact) mass is 389 g/mol. The van der Waals surface area contributed by atoms with E-state index in [0.29, 0.717) is 11.6 Å². The van der Waals surface area contributed by atoms with Crippen LogP contribution >= 0.6 is 0 Å². The van der Waals surface area contributed by atoms with E-state index in [1.807, 2.05) is 44.2 Å². The Kier molecular flexibility index (Phi) is 6.44. The number of hydrogen-bond donors (Lipinski definition) is 2. The Morgan fingerprint density at radius 1 is 1.03 bits per heavy atom. The van der Waals surface area contributed by atoms with Gasteiger partial charge >= 0.3 is 0 Å². The van der Waals surface area contributed by atoms with Gasteiger partial charge in [0.25, 0.3) is 5.91 Å². The molecule has 0 saturated heterocycles. The van der Waals surface area contributed by atoms with Crippen LogP contribution in [0.25, 0.3) is 0 Å². The highest BCUT2D eigenvalue weighted by Crippen LogP contribution is 2.24. The Labute approximate surface area is 172 Å². The van der Waals surface area contributed by atoms with Crippen LogP contribution in [-0.4, -0.2) is 29.0 Å². The largest absolute Gasteiger partial charge is 0.372 e. The summed E-state index contributed by atoms with van der Waals surface area (Å²) in [5, 5.41) is 6.09. The number of aryl methyl sites for hydroxylation is 2. The van der Waals surface area contributed by atoms with E-state index >= 15 is 0 Å². The lowest BCUT2D eigenvalue weighted by Crippen LogP contribution is -2.21. The first-order valence-electron chi connectivity index (χ1n) is 9.83. The summed E-state index contributed by atoms with van der Waals surface area (Å²) in [5.74, 6) is 0.121. The first-order valence-corrected chi connectivity index (χ1v) is 9.83. The summed E-state index contributed by atoms with van der Waals surface area (Å²) >= 11 is 0. The number of benzene rings is 2. The molecule has 0 unspecified atom stereocenters. The zero-order valence-electron chi connectivity index (χ0n) is 17.4. The number of nitrogens with zero attached hydrogens (tertiary/aromatic N) is 3. The maximum absolute atomic E-state index is 12.5. The summed E-state index contributed by atoms with van der Waals surface area (Å²) in [6.45, 7) is 10.2. The molecule has 0 aliphatic rings. The minimum atomic E-state index is -0.269. The summed E-state index contributed by atoms with van der Waals surface area (Å²) < 4.78 is 0. The van der Waals surface area contributed by atoms with Crippen molar-refractivity contribution in [3.8, 4) is 0 Å². The summed E-state index contributed by atoms with van der Waals surface area (Å²) in [6, 6.07) is 15.5. The Bertz CT molecular complexity index is 998. The predicted octanol–water partition coefficient (Wildman–Crippen LogP) is 4.94. The zero-order valence-corrected chi connectivity index (χ0v) is 17.4. The number of carbonyl (C=O) groups is 1. The SMILES string of the molecule is CCN(CC)c1ccc(Nc2nccc(C(=O)Nc3cccc(C)c3)n2)c(C)c1. The van der Waals surface area contributed by atoms with E-state index in [9.17, 15) is 4.79 Å². The van der Waals surface area contributed by atoms with Gasteiger partial charge in [0.1, 0.15) is 5.69 Å². The van der Waals surface area contributed by atoms with Crippen LogP contribution in [0.2, 0.25) is 0 Å². The van der Waals surface area contributed by atoms with Crippen molar-refractivity contribution in [3.05, 3.63) is 71.5 Å². The predicted molar refractivity (Wildman–Crippen MR) is 119 cm³/mol. The van der Waals surface area contributed by atoms with E-state index in [0.717, 1.165) is 35.6 Å². The van der Waals surface area contributed by atoms with Crippen molar-refractivity contribution in [2.45, 2.75) is 27.7 Å². The number of amides is 1. The van der Waals surface area contributed by atoms with Gasteiger partial charge in [-0.05, 0) is 75.2 Å². The first-order chi connectivity index (χ1) is 14.0. The second-order valence-corrected chi connectivity index (χ2v) is 6.89. The summed E-state index contributed by atoms with van der Waals surface area (Å²) in [5.41, 5.74) is 5.32. The second-order valence-electron chi connectivity index (χ2n) is 6.89. The fraction of sp³-hybridized carbons (Fsp3) is 0.261. The van der Waals surface area contributed by atoms with Gasteiger partial charge in [-0.25, -0.2) is 9.97 Å². The molecule has 6 heteroatoms. The molecule has 0 fully saturated rings. The number of carbonyl (C=O) groups excluding carboxylic acids is 1. The third kappa shape index (κ3) is 5.10.